The summed E-state index contributed by atoms with van der Waals surface area (Å²) in [5.41, 5.74) is 0.260. The lowest BCUT2D eigenvalue weighted by atomic mass is 10.0. The van der Waals surface area contributed by atoms with Gasteiger partial charge in [-0.1, -0.05) is 13.8 Å². The molecule has 0 aliphatic carbocycles. The van der Waals surface area contributed by atoms with Crippen LogP contribution in [0.5, 0.6) is 5.88 Å². The Labute approximate surface area is 179 Å². The van der Waals surface area contributed by atoms with Crippen LogP contribution in [0, 0.1) is 0 Å². The van der Waals surface area contributed by atoms with Crippen molar-refractivity contribution in [3.63, 3.8) is 0 Å². The van der Waals surface area contributed by atoms with E-state index >= 15 is 0 Å². The number of fused-ring (bicyclic) bond motifs is 1. The van der Waals surface area contributed by atoms with Crippen molar-refractivity contribution in [3.8, 4) is 5.88 Å². The van der Waals surface area contributed by atoms with E-state index in [1.54, 1.807) is 6.07 Å². The Morgan fingerprint density at radius 3 is 2.60 bits per heavy atom. The molecule has 2 aliphatic rings. The first-order valence-electron chi connectivity index (χ1n) is 10.6. The molecule has 2 N–H and O–H groups in total. The third-order valence-electron chi connectivity index (χ3n) is 5.78. The van der Waals surface area contributed by atoms with Gasteiger partial charge in [-0.05, 0) is 45.7 Å². The van der Waals surface area contributed by atoms with E-state index < -0.39 is 10.2 Å². The van der Waals surface area contributed by atoms with Gasteiger partial charge in [-0.3, -0.25) is 4.79 Å². The number of piperidine rings is 1. The summed E-state index contributed by atoms with van der Waals surface area (Å²) in [6.45, 7) is 10.1. The van der Waals surface area contributed by atoms with Crippen LogP contribution in [0.2, 0.25) is 0 Å². The molecule has 1 saturated heterocycles. The van der Waals surface area contributed by atoms with Gasteiger partial charge in [-0.2, -0.15) is 12.7 Å². The molecule has 30 heavy (non-hydrogen) atoms. The number of hydrogen-bond acceptors (Lipinski definition) is 6. The van der Waals surface area contributed by atoms with Crippen LogP contribution in [0.1, 0.15) is 57.3 Å². The minimum atomic E-state index is -3.73. The second kappa shape index (κ2) is 9.07. The maximum Gasteiger partial charge on any atom is 0.304 e. The van der Waals surface area contributed by atoms with Gasteiger partial charge in [0.15, 0.2) is 0 Å². The van der Waals surface area contributed by atoms with Crippen molar-refractivity contribution >= 4 is 21.8 Å². The summed E-state index contributed by atoms with van der Waals surface area (Å²) in [5, 5.41) is 6.34. The van der Waals surface area contributed by atoms with Gasteiger partial charge in [-0.25, -0.2) is 9.29 Å². The maximum atomic E-state index is 13.4. The van der Waals surface area contributed by atoms with Crippen molar-refractivity contribution in [2.75, 3.05) is 37.1 Å². The van der Waals surface area contributed by atoms with Gasteiger partial charge in [0.25, 0.3) is 5.91 Å². The van der Waals surface area contributed by atoms with Gasteiger partial charge in [0.05, 0.1) is 12.1 Å². The Morgan fingerprint density at radius 1 is 1.27 bits per heavy atom. The molecule has 1 aromatic heterocycles. The third kappa shape index (κ3) is 4.87. The number of nitrogens with one attached hydrogen (secondary N) is 2. The fourth-order valence-electron chi connectivity index (χ4n) is 3.63. The average Bonchev–Trinajstić information content (AvgIpc) is 2.73. The van der Waals surface area contributed by atoms with Crippen molar-refractivity contribution in [3.05, 3.63) is 17.8 Å². The fraction of sp³-hybridized carbons (Fsp3) is 0.700. The number of anilines is 1. The second-order valence-corrected chi connectivity index (χ2v) is 10.3. The molecule has 0 bridgehead atoms. The van der Waals surface area contributed by atoms with Crippen molar-refractivity contribution in [1.29, 1.82) is 0 Å². The highest BCUT2D eigenvalue weighted by Gasteiger charge is 2.37. The first kappa shape index (κ1) is 22.8. The van der Waals surface area contributed by atoms with E-state index in [1.165, 1.54) is 14.8 Å². The largest absolute Gasteiger partial charge is 0.474 e. The van der Waals surface area contributed by atoms with Crippen LogP contribution in [-0.2, 0) is 10.2 Å². The lowest BCUT2D eigenvalue weighted by molar-refractivity contribution is 0.0910. The molecule has 3 rings (SSSR count). The summed E-state index contributed by atoms with van der Waals surface area (Å²) in [7, 11) is -3.73. The molecule has 1 aromatic rings. The molecular formula is C20H33N5O4S. The lowest BCUT2D eigenvalue weighted by Gasteiger charge is -2.37. The molecule has 168 valence electrons. The Hall–Kier alpha value is -1.91. The van der Waals surface area contributed by atoms with Crippen LogP contribution < -0.4 is 19.7 Å². The molecular weight excluding hydrogens is 406 g/mol. The molecule has 1 amide bonds. The third-order valence-corrected chi connectivity index (χ3v) is 7.74. The summed E-state index contributed by atoms with van der Waals surface area (Å²) in [6, 6.07) is 1.91. The Balaban J connectivity index is 1.83. The van der Waals surface area contributed by atoms with Gasteiger partial charge in [0.2, 0.25) is 5.88 Å². The van der Waals surface area contributed by atoms with Crippen LogP contribution in [0.15, 0.2) is 12.3 Å². The van der Waals surface area contributed by atoms with E-state index in [0.717, 1.165) is 25.8 Å². The normalized spacial score (nSPS) is 18.6. The number of aromatic nitrogens is 1. The molecule has 0 aromatic carbocycles. The molecule has 0 atom stereocenters. The molecule has 10 heteroatoms. The Bertz CT molecular complexity index is 866. The molecule has 3 heterocycles. The highest BCUT2D eigenvalue weighted by Crippen LogP contribution is 2.34. The van der Waals surface area contributed by atoms with Crippen molar-refractivity contribution in [2.24, 2.45) is 0 Å². The Kier molecular flexibility index (Phi) is 6.88. The monoisotopic (exact) mass is 439 g/mol. The van der Waals surface area contributed by atoms with Crippen LogP contribution in [0.25, 0.3) is 0 Å². The number of hydrogen-bond donors (Lipinski definition) is 2. The number of carbonyl (C=O) groups is 1. The predicted molar refractivity (Wildman–Crippen MR) is 116 cm³/mol. The summed E-state index contributed by atoms with van der Waals surface area (Å²) in [6.07, 6.45) is 3.75. The van der Waals surface area contributed by atoms with E-state index in [2.05, 4.69) is 22.5 Å². The van der Waals surface area contributed by atoms with Crippen LogP contribution in [0.3, 0.4) is 0 Å². The van der Waals surface area contributed by atoms with Gasteiger partial charge in [0.1, 0.15) is 12.3 Å². The van der Waals surface area contributed by atoms with E-state index in [4.69, 9.17) is 4.74 Å². The smallest absolute Gasteiger partial charge is 0.304 e. The molecule has 0 unspecified atom stereocenters. The first-order valence-corrected chi connectivity index (χ1v) is 12.0. The number of pyridine rings is 1. The van der Waals surface area contributed by atoms with Gasteiger partial charge in [0, 0.05) is 30.9 Å². The van der Waals surface area contributed by atoms with E-state index in [-0.39, 0.29) is 30.5 Å². The van der Waals surface area contributed by atoms with Crippen molar-refractivity contribution in [2.45, 2.75) is 58.5 Å². The zero-order valence-electron chi connectivity index (χ0n) is 18.3. The quantitative estimate of drug-likeness (QED) is 0.668. The SMILES string of the molecule is CCNC1CCN(S(=O)(=O)N2CCOc3ncc(C(=O)NC(C)(C)CC)cc32)CC1. The standard InChI is InChI=1S/C20H33N5O4S/c1-5-20(3,4)23-18(26)15-13-17-19(22-14-15)29-12-11-25(17)30(27,28)24-9-7-16(8-10-24)21-6-2/h13-14,16,21H,5-12H2,1-4H3,(H,23,26). The van der Waals surface area contributed by atoms with Crippen molar-refractivity contribution < 1.29 is 17.9 Å². The van der Waals surface area contributed by atoms with Crippen molar-refractivity contribution in [1.82, 2.24) is 19.9 Å². The second-order valence-electron chi connectivity index (χ2n) is 8.40. The van der Waals surface area contributed by atoms with E-state index in [1.807, 2.05) is 20.8 Å². The summed E-state index contributed by atoms with van der Waals surface area (Å²) in [4.78, 5) is 16.9. The summed E-state index contributed by atoms with van der Waals surface area (Å²) < 4.78 is 35.2. The zero-order valence-corrected chi connectivity index (χ0v) is 19.1. The summed E-state index contributed by atoms with van der Waals surface area (Å²) in [5.74, 6) is -0.0508. The van der Waals surface area contributed by atoms with Gasteiger partial charge >= 0.3 is 10.2 Å². The van der Waals surface area contributed by atoms with E-state index in [0.29, 0.717) is 30.4 Å². The highest BCUT2D eigenvalue weighted by molar-refractivity contribution is 7.90. The fourth-order valence-corrected chi connectivity index (χ4v) is 5.26. The molecule has 0 radical (unpaired) electrons. The molecule has 0 spiro atoms. The minimum Gasteiger partial charge on any atom is -0.474 e. The van der Waals surface area contributed by atoms with Crippen LogP contribution in [-0.4, -0.2) is 68.0 Å². The first-order chi connectivity index (χ1) is 14.2. The molecule has 1 fully saturated rings. The number of carbonyl (C=O) groups excluding carboxylic acids is 1. The number of amides is 1. The number of rotatable bonds is 7. The van der Waals surface area contributed by atoms with Crippen LogP contribution >= 0.6 is 0 Å². The lowest BCUT2D eigenvalue weighted by Crippen LogP contribution is -2.52. The zero-order chi connectivity index (χ0) is 21.9. The van der Waals surface area contributed by atoms with Gasteiger partial charge in [-0.15, -0.1) is 0 Å². The Morgan fingerprint density at radius 2 is 1.97 bits per heavy atom. The minimum absolute atomic E-state index is 0.190. The maximum absolute atomic E-state index is 13.4. The predicted octanol–water partition coefficient (Wildman–Crippen LogP) is 1.52. The highest BCUT2D eigenvalue weighted by atomic mass is 32.2. The number of nitrogens with zero attached hydrogens (tertiary/aromatic N) is 3. The topological polar surface area (TPSA) is 104 Å². The molecule has 9 nitrogen and oxygen atoms in total. The van der Waals surface area contributed by atoms with Gasteiger partial charge < -0.3 is 15.4 Å². The molecule has 2 aliphatic heterocycles. The summed E-state index contributed by atoms with van der Waals surface area (Å²) >= 11 is 0. The number of ether oxygens (including phenoxy) is 1. The average molecular weight is 440 g/mol. The molecule has 0 saturated carbocycles. The van der Waals surface area contributed by atoms with Crippen LogP contribution in [0.4, 0.5) is 5.69 Å². The van der Waals surface area contributed by atoms with E-state index in [9.17, 15) is 13.2 Å².